The molecule has 1 atom stereocenters. The summed E-state index contributed by atoms with van der Waals surface area (Å²) in [6.45, 7) is 2.09. The average molecular weight is 350 g/mol. The summed E-state index contributed by atoms with van der Waals surface area (Å²) in [7, 11) is 0. The third kappa shape index (κ3) is 4.79. The molecule has 0 radical (unpaired) electrons. The third-order valence-electron chi connectivity index (χ3n) is 3.05. The summed E-state index contributed by atoms with van der Waals surface area (Å²) in [6.07, 6.45) is 0. The van der Waals surface area contributed by atoms with E-state index >= 15 is 0 Å². The van der Waals surface area contributed by atoms with E-state index in [1.165, 1.54) is 6.07 Å². The number of hydrogen-bond donors (Lipinski definition) is 2. The predicted molar refractivity (Wildman–Crippen MR) is 88.6 cm³/mol. The Morgan fingerprint density at radius 1 is 1.12 bits per heavy atom. The molecule has 0 aliphatic carbocycles. The number of rotatable bonds is 5. The van der Waals surface area contributed by atoms with Gasteiger partial charge in [-0.1, -0.05) is 30.3 Å². The molecule has 2 N–H and O–H groups in total. The van der Waals surface area contributed by atoms with Gasteiger partial charge < -0.3 is 5.32 Å². The summed E-state index contributed by atoms with van der Waals surface area (Å²) in [5.74, 6) is -2.03. The summed E-state index contributed by atoms with van der Waals surface area (Å²) < 4.78 is 26.9. The third-order valence-corrected chi connectivity index (χ3v) is 4.36. The average Bonchev–Trinajstić information content (AvgIpc) is 2.55. The van der Waals surface area contributed by atoms with Crippen LogP contribution in [0.1, 0.15) is 17.7 Å². The molecule has 2 aromatic rings. The number of imide groups is 1. The standard InChI is InChI=1S/C17H16F2N2O2S/c1-2-20-17(23)21-16(22)15(11-6-4-3-5-7-11)24-14-9-8-12(18)10-13(14)19/h3-10,15H,2H2,1H3,(H2,20,21,22,23)/t15-/m1/s1. The zero-order valence-corrected chi connectivity index (χ0v) is 13.7. The van der Waals surface area contributed by atoms with Crippen molar-refractivity contribution in [2.75, 3.05) is 6.54 Å². The van der Waals surface area contributed by atoms with Gasteiger partial charge in [0.2, 0.25) is 5.91 Å². The van der Waals surface area contributed by atoms with Gasteiger partial charge in [0.15, 0.2) is 0 Å². The van der Waals surface area contributed by atoms with Crippen LogP contribution in [-0.2, 0) is 4.79 Å². The summed E-state index contributed by atoms with van der Waals surface area (Å²) >= 11 is 0.912. The number of amides is 3. The fourth-order valence-corrected chi connectivity index (χ4v) is 3.01. The number of hydrogen-bond acceptors (Lipinski definition) is 3. The van der Waals surface area contributed by atoms with Gasteiger partial charge in [-0.3, -0.25) is 10.1 Å². The van der Waals surface area contributed by atoms with E-state index in [-0.39, 0.29) is 4.90 Å². The van der Waals surface area contributed by atoms with E-state index in [9.17, 15) is 18.4 Å². The Morgan fingerprint density at radius 2 is 1.83 bits per heavy atom. The second-order valence-corrected chi connectivity index (χ2v) is 5.98. The number of benzene rings is 2. The molecule has 0 saturated carbocycles. The first-order chi connectivity index (χ1) is 11.5. The first kappa shape index (κ1) is 17.9. The topological polar surface area (TPSA) is 58.2 Å². The van der Waals surface area contributed by atoms with Crippen molar-refractivity contribution in [1.29, 1.82) is 0 Å². The second-order valence-electron chi connectivity index (χ2n) is 4.83. The molecular weight excluding hydrogens is 334 g/mol. The predicted octanol–water partition coefficient (Wildman–Crippen LogP) is 3.64. The quantitative estimate of drug-likeness (QED) is 0.810. The number of carbonyl (C=O) groups excluding carboxylic acids is 2. The Labute approximate surface area is 142 Å². The molecular formula is C17H16F2N2O2S. The first-order valence-electron chi connectivity index (χ1n) is 7.26. The first-order valence-corrected chi connectivity index (χ1v) is 8.14. The van der Waals surface area contributed by atoms with E-state index in [0.29, 0.717) is 12.1 Å². The van der Waals surface area contributed by atoms with E-state index in [2.05, 4.69) is 10.6 Å². The normalized spacial score (nSPS) is 11.6. The van der Waals surface area contributed by atoms with Gasteiger partial charge >= 0.3 is 6.03 Å². The Bertz CT molecular complexity index is 726. The molecule has 0 spiro atoms. The van der Waals surface area contributed by atoms with E-state index in [1.54, 1.807) is 37.3 Å². The maximum absolute atomic E-state index is 13.9. The molecule has 0 aromatic heterocycles. The van der Waals surface area contributed by atoms with Crippen LogP contribution in [0.2, 0.25) is 0 Å². The van der Waals surface area contributed by atoms with Gasteiger partial charge in [-0.25, -0.2) is 13.6 Å². The van der Waals surface area contributed by atoms with Crippen molar-refractivity contribution in [1.82, 2.24) is 10.6 Å². The molecule has 4 nitrogen and oxygen atoms in total. The van der Waals surface area contributed by atoms with Crippen LogP contribution in [-0.4, -0.2) is 18.5 Å². The van der Waals surface area contributed by atoms with Crippen molar-refractivity contribution in [2.24, 2.45) is 0 Å². The highest BCUT2D eigenvalue weighted by molar-refractivity contribution is 8.00. The highest BCUT2D eigenvalue weighted by atomic mass is 32.2. The van der Waals surface area contributed by atoms with Gasteiger partial charge in [-0.05, 0) is 24.6 Å². The Balaban J connectivity index is 2.26. The molecule has 0 fully saturated rings. The van der Waals surface area contributed by atoms with Crippen LogP contribution in [0.3, 0.4) is 0 Å². The highest BCUT2D eigenvalue weighted by Crippen LogP contribution is 2.36. The maximum atomic E-state index is 13.9. The Hall–Kier alpha value is -2.41. The number of nitrogens with one attached hydrogen (secondary N) is 2. The molecule has 0 unspecified atom stereocenters. The van der Waals surface area contributed by atoms with Crippen LogP contribution in [0.15, 0.2) is 53.4 Å². The van der Waals surface area contributed by atoms with Crippen molar-refractivity contribution in [3.8, 4) is 0 Å². The van der Waals surface area contributed by atoms with Crippen LogP contribution < -0.4 is 10.6 Å². The minimum atomic E-state index is -0.853. The fourth-order valence-electron chi connectivity index (χ4n) is 1.98. The van der Waals surface area contributed by atoms with Crippen LogP contribution in [0.5, 0.6) is 0 Å². The molecule has 0 heterocycles. The minimum Gasteiger partial charge on any atom is -0.338 e. The minimum absolute atomic E-state index is 0.122. The van der Waals surface area contributed by atoms with Gasteiger partial charge in [-0.2, -0.15) is 0 Å². The maximum Gasteiger partial charge on any atom is 0.321 e. The highest BCUT2D eigenvalue weighted by Gasteiger charge is 2.24. The number of urea groups is 1. The zero-order chi connectivity index (χ0) is 17.5. The number of carbonyl (C=O) groups is 2. The largest absolute Gasteiger partial charge is 0.338 e. The fraction of sp³-hybridized carbons (Fsp3) is 0.176. The second kappa shape index (κ2) is 8.44. The Morgan fingerprint density at radius 3 is 2.46 bits per heavy atom. The van der Waals surface area contributed by atoms with Crippen LogP contribution >= 0.6 is 11.8 Å². The van der Waals surface area contributed by atoms with Gasteiger partial charge in [0, 0.05) is 17.5 Å². The smallest absolute Gasteiger partial charge is 0.321 e. The van der Waals surface area contributed by atoms with Crippen molar-refractivity contribution in [3.63, 3.8) is 0 Å². The summed E-state index contributed by atoms with van der Waals surface area (Å²) in [5.41, 5.74) is 0.605. The van der Waals surface area contributed by atoms with E-state index in [4.69, 9.17) is 0 Å². The summed E-state index contributed by atoms with van der Waals surface area (Å²) in [6, 6.07) is 11.2. The number of thioether (sulfide) groups is 1. The van der Waals surface area contributed by atoms with Crippen molar-refractivity contribution >= 4 is 23.7 Å². The lowest BCUT2D eigenvalue weighted by Crippen LogP contribution is -2.41. The van der Waals surface area contributed by atoms with Crippen molar-refractivity contribution in [3.05, 3.63) is 65.7 Å². The van der Waals surface area contributed by atoms with Crippen LogP contribution in [0.25, 0.3) is 0 Å². The molecule has 3 amide bonds. The SMILES string of the molecule is CCNC(=O)NC(=O)[C@H](Sc1ccc(F)cc1F)c1ccccc1. The molecule has 2 aromatic carbocycles. The van der Waals surface area contributed by atoms with Gasteiger partial charge in [0.1, 0.15) is 16.9 Å². The molecule has 0 saturated heterocycles. The number of halogens is 2. The summed E-state index contributed by atoms with van der Waals surface area (Å²) in [5, 5.41) is 3.83. The van der Waals surface area contributed by atoms with Crippen LogP contribution in [0, 0.1) is 11.6 Å². The van der Waals surface area contributed by atoms with Gasteiger partial charge in [0.05, 0.1) is 0 Å². The summed E-state index contributed by atoms with van der Waals surface area (Å²) in [4.78, 5) is 24.1. The van der Waals surface area contributed by atoms with E-state index in [1.807, 2.05) is 0 Å². The molecule has 0 aliphatic rings. The van der Waals surface area contributed by atoms with Gasteiger partial charge in [0.25, 0.3) is 0 Å². The molecule has 2 rings (SSSR count). The lowest BCUT2D eigenvalue weighted by Gasteiger charge is -2.17. The van der Waals surface area contributed by atoms with Crippen LogP contribution in [0.4, 0.5) is 13.6 Å². The van der Waals surface area contributed by atoms with E-state index in [0.717, 1.165) is 23.9 Å². The monoisotopic (exact) mass is 350 g/mol. The molecule has 0 bridgehead atoms. The van der Waals surface area contributed by atoms with E-state index < -0.39 is 28.8 Å². The lowest BCUT2D eigenvalue weighted by molar-refractivity contribution is -0.119. The van der Waals surface area contributed by atoms with Crippen molar-refractivity contribution in [2.45, 2.75) is 17.1 Å². The molecule has 24 heavy (non-hydrogen) atoms. The Kier molecular flexibility index (Phi) is 6.31. The molecule has 7 heteroatoms. The van der Waals surface area contributed by atoms with Crippen molar-refractivity contribution < 1.29 is 18.4 Å². The lowest BCUT2D eigenvalue weighted by atomic mass is 10.1. The zero-order valence-electron chi connectivity index (χ0n) is 12.9. The van der Waals surface area contributed by atoms with Gasteiger partial charge in [-0.15, -0.1) is 11.8 Å². The molecule has 0 aliphatic heterocycles. The molecule has 126 valence electrons.